The Labute approximate surface area is 209 Å². The highest BCUT2D eigenvalue weighted by molar-refractivity contribution is 6.02. The van der Waals surface area contributed by atoms with Gasteiger partial charge in [-0.25, -0.2) is 4.79 Å². The number of aliphatic imine (C=N–C) groups is 1. The van der Waals surface area contributed by atoms with Gasteiger partial charge in [-0.1, -0.05) is 53.2 Å². The number of hydrogen-bond donors (Lipinski definition) is 0. The fourth-order valence-electron chi connectivity index (χ4n) is 9.51. The maximum absolute atomic E-state index is 14.2. The minimum Gasteiger partial charge on any atom is -0.295 e. The van der Waals surface area contributed by atoms with Gasteiger partial charge in [0.1, 0.15) is 6.07 Å². The Hall–Kier alpha value is -2.31. The number of Topliss-reactive ketones (excluding diaryl/α,β-unsaturated/α-hetero) is 1. The molecular weight excluding hydrogens is 436 g/mol. The third-order valence-electron chi connectivity index (χ3n) is 11.7. The molecule has 0 bridgehead atoms. The standard InChI is InChI=1S/C30H38N2O3/c1-18-20-7-8-28(5)23(27(20,4)14-19(16-31)25(18)35)13-22(34)24-21-15-26(2,3)9-11-30(21,32-17-33)12-10-29(24,28)6/h13-14,18,20-21,24H,7-12,15H2,1-6H3/t18-,20?,21?,24?,27-,28+,29+,30-/m0/s1. The molecule has 0 aromatic carbocycles. The van der Waals surface area contributed by atoms with Crippen LogP contribution in [0.1, 0.15) is 86.5 Å². The van der Waals surface area contributed by atoms with Crippen molar-refractivity contribution in [3.8, 4) is 6.07 Å². The van der Waals surface area contributed by atoms with Gasteiger partial charge in [-0.15, -0.1) is 0 Å². The second kappa shape index (κ2) is 7.36. The molecule has 3 fully saturated rings. The van der Waals surface area contributed by atoms with Crippen molar-refractivity contribution in [2.45, 2.75) is 92.0 Å². The third kappa shape index (κ3) is 2.99. The van der Waals surface area contributed by atoms with E-state index >= 15 is 0 Å². The lowest BCUT2D eigenvalue weighted by molar-refractivity contribution is -0.155. The molecule has 35 heavy (non-hydrogen) atoms. The Morgan fingerprint density at radius 1 is 1.00 bits per heavy atom. The molecule has 5 aliphatic rings. The molecule has 0 heterocycles. The lowest BCUT2D eigenvalue weighted by atomic mass is 9.36. The molecule has 0 saturated heterocycles. The van der Waals surface area contributed by atoms with E-state index in [2.05, 4.69) is 45.7 Å². The summed E-state index contributed by atoms with van der Waals surface area (Å²) < 4.78 is 0. The minimum atomic E-state index is -0.490. The van der Waals surface area contributed by atoms with E-state index in [0.717, 1.165) is 50.5 Å². The average Bonchev–Trinajstić information content (AvgIpc) is 2.79. The number of nitriles is 1. The van der Waals surface area contributed by atoms with Crippen LogP contribution in [0.15, 0.2) is 28.3 Å². The molecule has 5 nitrogen and oxygen atoms in total. The summed E-state index contributed by atoms with van der Waals surface area (Å²) in [5.41, 5.74) is -0.0316. The van der Waals surface area contributed by atoms with Crippen LogP contribution in [0.25, 0.3) is 0 Å². The van der Waals surface area contributed by atoms with Gasteiger partial charge in [-0.3, -0.25) is 9.59 Å². The third-order valence-corrected chi connectivity index (χ3v) is 11.7. The predicted molar refractivity (Wildman–Crippen MR) is 133 cm³/mol. The van der Waals surface area contributed by atoms with Gasteiger partial charge < -0.3 is 0 Å². The molecule has 186 valence electrons. The van der Waals surface area contributed by atoms with Crippen LogP contribution in [-0.4, -0.2) is 23.2 Å². The molecule has 0 spiro atoms. The summed E-state index contributed by atoms with van der Waals surface area (Å²) in [6, 6.07) is 2.14. The highest BCUT2D eigenvalue weighted by Gasteiger charge is 2.69. The first-order valence-corrected chi connectivity index (χ1v) is 13.3. The first-order chi connectivity index (χ1) is 16.3. The second-order valence-corrected chi connectivity index (χ2v) is 13.7. The summed E-state index contributed by atoms with van der Waals surface area (Å²) in [4.78, 5) is 43.0. The Bertz CT molecular complexity index is 1170. The summed E-state index contributed by atoms with van der Waals surface area (Å²) in [5.74, 6) is -0.226. The van der Waals surface area contributed by atoms with Crippen molar-refractivity contribution in [1.29, 1.82) is 5.26 Å². The van der Waals surface area contributed by atoms with Gasteiger partial charge in [0.05, 0.1) is 11.1 Å². The Morgan fingerprint density at radius 3 is 2.34 bits per heavy atom. The number of isocyanates is 1. The first-order valence-electron chi connectivity index (χ1n) is 13.3. The van der Waals surface area contributed by atoms with E-state index in [4.69, 9.17) is 0 Å². The molecular formula is C30H38N2O3. The van der Waals surface area contributed by atoms with Crippen LogP contribution in [0.2, 0.25) is 0 Å². The van der Waals surface area contributed by atoms with Crippen molar-refractivity contribution in [3.05, 3.63) is 23.3 Å². The molecule has 5 aliphatic carbocycles. The van der Waals surface area contributed by atoms with Crippen LogP contribution >= 0.6 is 0 Å². The average molecular weight is 475 g/mol. The van der Waals surface area contributed by atoms with Crippen LogP contribution < -0.4 is 0 Å². The van der Waals surface area contributed by atoms with Crippen molar-refractivity contribution in [3.63, 3.8) is 0 Å². The smallest absolute Gasteiger partial charge is 0.235 e. The van der Waals surface area contributed by atoms with Crippen LogP contribution in [0, 0.1) is 56.7 Å². The van der Waals surface area contributed by atoms with Gasteiger partial charge in [-0.05, 0) is 79.1 Å². The van der Waals surface area contributed by atoms with E-state index in [1.807, 2.05) is 25.2 Å². The highest BCUT2D eigenvalue weighted by Crippen LogP contribution is 2.72. The van der Waals surface area contributed by atoms with Gasteiger partial charge in [0.25, 0.3) is 0 Å². The summed E-state index contributed by atoms with van der Waals surface area (Å²) in [5, 5.41) is 9.72. The Balaban J connectivity index is 1.69. The molecule has 3 saturated carbocycles. The van der Waals surface area contributed by atoms with Crippen LogP contribution in [-0.2, 0) is 14.4 Å². The highest BCUT2D eigenvalue weighted by atomic mass is 16.1. The number of nitrogens with zero attached hydrogens (tertiary/aromatic N) is 2. The van der Waals surface area contributed by atoms with E-state index in [1.165, 1.54) is 0 Å². The number of carbonyl (C=O) groups is 2. The van der Waals surface area contributed by atoms with E-state index in [0.29, 0.717) is 0 Å². The van der Waals surface area contributed by atoms with Crippen LogP contribution in [0.3, 0.4) is 0 Å². The monoisotopic (exact) mass is 474 g/mol. The molecule has 0 aromatic heterocycles. The number of allylic oxidation sites excluding steroid dienone is 4. The van der Waals surface area contributed by atoms with Gasteiger partial charge >= 0.3 is 0 Å². The Morgan fingerprint density at radius 2 is 1.69 bits per heavy atom. The summed E-state index contributed by atoms with van der Waals surface area (Å²) in [7, 11) is 0. The van der Waals surface area contributed by atoms with Gasteiger partial charge in [0.2, 0.25) is 6.08 Å². The zero-order valence-corrected chi connectivity index (χ0v) is 22.0. The van der Waals surface area contributed by atoms with Crippen molar-refractivity contribution in [2.75, 3.05) is 0 Å². The summed E-state index contributed by atoms with van der Waals surface area (Å²) >= 11 is 0. The summed E-state index contributed by atoms with van der Waals surface area (Å²) in [6.45, 7) is 13.3. The largest absolute Gasteiger partial charge is 0.295 e. The number of rotatable bonds is 1. The fourth-order valence-corrected chi connectivity index (χ4v) is 9.51. The lowest BCUT2D eigenvalue weighted by Crippen LogP contribution is -2.65. The van der Waals surface area contributed by atoms with Crippen molar-refractivity contribution in [1.82, 2.24) is 0 Å². The molecule has 0 N–H and O–H groups in total. The Kier molecular flexibility index (Phi) is 5.13. The topological polar surface area (TPSA) is 87.4 Å². The quantitative estimate of drug-likeness (QED) is 0.349. The molecule has 0 amide bonds. The van der Waals surface area contributed by atoms with Gasteiger partial charge in [0.15, 0.2) is 11.6 Å². The zero-order valence-electron chi connectivity index (χ0n) is 22.0. The number of ketones is 2. The molecule has 0 aliphatic heterocycles. The molecule has 5 heteroatoms. The van der Waals surface area contributed by atoms with E-state index in [9.17, 15) is 19.6 Å². The number of carbonyl (C=O) groups excluding carboxylic acids is 3. The van der Waals surface area contributed by atoms with Crippen molar-refractivity contribution < 1.29 is 14.4 Å². The van der Waals surface area contributed by atoms with Crippen molar-refractivity contribution in [2.24, 2.45) is 50.3 Å². The van der Waals surface area contributed by atoms with E-state index < -0.39 is 11.0 Å². The van der Waals surface area contributed by atoms with Crippen molar-refractivity contribution >= 4 is 17.6 Å². The molecule has 5 rings (SSSR count). The maximum Gasteiger partial charge on any atom is 0.235 e. The van der Waals surface area contributed by atoms with Crippen LogP contribution in [0.4, 0.5) is 0 Å². The predicted octanol–water partition coefficient (Wildman–Crippen LogP) is 5.90. The van der Waals surface area contributed by atoms with Gasteiger partial charge in [0, 0.05) is 17.3 Å². The van der Waals surface area contributed by atoms with Gasteiger partial charge in [-0.2, -0.15) is 10.3 Å². The number of fused-ring (bicyclic) bond motifs is 7. The SMILES string of the molecule is C[C@@H]1C(=O)C(C#N)=C[C@]2(C)C3=CC(=O)C4C5CC(C)(C)CC[C@]5(N=C=O)CC[C@@]4(C)[C@]3(C)CCC12. The maximum atomic E-state index is 14.2. The lowest BCUT2D eigenvalue weighted by Gasteiger charge is -2.68. The second-order valence-electron chi connectivity index (χ2n) is 13.7. The summed E-state index contributed by atoms with van der Waals surface area (Å²) in [6.07, 6.45) is 11.8. The molecule has 8 atom stereocenters. The first kappa shape index (κ1) is 24.4. The normalized spacial score (nSPS) is 48.0. The number of hydrogen-bond acceptors (Lipinski definition) is 5. The van der Waals surface area contributed by atoms with Crippen LogP contribution in [0.5, 0.6) is 0 Å². The molecule has 3 unspecified atom stereocenters. The molecule has 0 aromatic rings. The van der Waals surface area contributed by atoms with E-state index in [-0.39, 0.29) is 57.1 Å². The molecule has 0 radical (unpaired) electrons. The zero-order chi connectivity index (χ0) is 25.6. The minimum absolute atomic E-state index is 0.0242. The van der Waals surface area contributed by atoms with E-state index in [1.54, 1.807) is 0 Å². The fraction of sp³-hybridized carbons (Fsp3) is 0.733.